The van der Waals surface area contributed by atoms with Gasteiger partial charge in [-0.15, -0.1) is 0 Å². The highest BCUT2D eigenvalue weighted by molar-refractivity contribution is 6.07. The lowest BCUT2D eigenvalue weighted by atomic mass is 10.0. The van der Waals surface area contributed by atoms with E-state index in [1.807, 2.05) is 25.1 Å². The molecule has 21 heavy (non-hydrogen) atoms. The third-order valence-electron chi connectivity index (χ3n) is 3.79. The molecule has 1 unspecified atom stereocenters. The van der Waals surface area contributed by atoms with Gasteiger partial charge in [-0.2, -0.15) is 0 Å². The second-order valence-corrected chi connectivity index (χ2v) is 5.06. The van der Waals surface area contributed by atoms with E-state index < -0.39 is 0 Å². The molecule has 1 fully saturated rings. The number of rotatable bonds is 2. The van der Waals surface area contributed by atoms with Crippen molar-refractivity contribution < 1.29 is 9.59 Å². The maximum atomic E-state index is 12.0. The van der Waals surface area contributed by atoms with E-state index in [9.17, 15) is 9.59 Å². The maximum absolute atomic E-state index is 12.0. The molecule has 1 aromatic carbocycles. The highest BCUT2D eigenvalue weighted by Gasteiger charge is 2.33. The van der Waals surface area contributed by atoms with E-state index in [0.29, 0.717) is 17.8 Å². The van der Waals surface area contributed by atoms with Crippen LogP contribution < -0.4 is 16.0 Å². The van der Waals surface area contributed by atoms with Crippen molar-refractivity contribution in [2.45, 2.75) is 19.4 Å². The minimum Gasteiger partial charge on any atom is -0.397 e. The van der Waals surface area contributed by atoms with Gasteiger partial charge in [0.05, 0.1) is 17.9 Å². The summed E-state index contributed by atoms with van der Waals surface area (Å²) >= 11 is 0. The monoisotopic (exact) mass is 284 g/mol. The summed E-state index contributed by atoms with van der Waals surface area (Å²) in [6.07, 6.45) is 4.02. The Morgan fingerprint density at radius 2 is 2.19 bits per heavy atom. The number of hydrogen-bond acceptors (Lipinski definition) is 5. The topological polar surface area (TPSA) is 88.3 Å². The Morgan fingerprint density at radius 3 is 2.95 bits per heavy atom. The molecule has 2 amide bonds. The summed E-state index contributed by atoms with van der Waals surface area (Å²) in [6.45, 7) is 2.04. The number of benzene rings is 1. The molecule has 1 saturated heterocycles. The molecular formula is C15H16N4O2. The van der Waals surface area contributed by atoms with Gasteiger partial charge in [-0.25, -0.2) is 0 Å². The van der Waals surface area contributed by atoms with Crippen LogP contribution in [-0.2, 0) is 9.59 Å². The molecule has 6 heteroatoms. The van der Waals surface area contributed by atoms with Crippen LogP contribution in [0.25, 0.3) is 10.8 Å². The number of nitrogens with two attached hydrogens (primary N) is 1. The molecule has 1 aliphatic rings. The molecule has 3 rings (SSSR count). The summed E-state index contributed by atoms with van der Waals surface area (Å²) in [5, 5.41) is 4.17. The van der Waals surface area contributed by atoms with Gasteiger partial charge in [0.1, 0.15) is 6.04 Å². The van der Waals surface area contributed by atoms with Crippen molar-refractivity contribution in [1.29, 1.82) is 0 Å². The van der Waals surface area contributed by atoms with Crippen LogP contribution in [-0.4, -0.2) is 29.4 Å². The largest absolute Gasteiger partial charge is 0.397 e. The van der Waals surface area contributed by atoms with Crippen molar-refractivity contribution in [3.8, 4) is 0 Å². The molecular weight excluding hydrogens is 268 g/mol. The molecule has 0 saturated carbocycles. The fraction of sp³-hybridized carbons (Fsp3) is 0.267. The number of nitrogen functional groups attached to an aromatic ring is 1. The average Bonchev–Trinajstić information content (AvgIpc) is 2.47. The summed E-state index contributed by atoms with van der Waals surface area (Å²) < 4.78 is 0. The fourth-order valence-electron chi connectivity index (χ4n) is 2.76. The van der Waals surface area contributed by atoms with Gasteiger partial charge in [0.2, 0.25) is 11.8 Å². The molecule has 1 atom stereocenters. The Bertz CT molecular complexity index is 729. The molecule has 108 valence electrons. The van der Waals surface area contributed by atoms with Crippen LogP contribution >= 0.6 is 0 Å². The number of fused-ring (bicyclic) bond motifs is 1. The summed E-state index contributed by atoms with van der Waals surface area (Å²) in [5.74, 6) is -0.582. The minimum atomic E-state index is -0.385. The highest BCUT2D eigenvalue weighted by Crippen LogP contribution is 2.33. The van der Waals surface area contributed by atoms with Crippen molar-refractivity contribution >= 4 is 34.0 Å². The first-order chi connectivity index (χ1) is 10.1. The number of carbonyl (C=O) groups is 2. The number of piperazine rings is 1. The summed E-state index contributed by atoms with van der Waals surface area (Å²) in [6, 6.07) is 5.19. The van der Waals surface area contributed by atoms with Gasteiger partial charge < -0.3 is 10.6 Å². The predicted octanol–water partition coefficient (Wildman–Crippen LogP) is 1.06. The number of imide groups is 1. The summed E-state index contributed by atoms with van der Waals surface area (Å²) in [5.41, 5.74) is 7.52. The molecule has 0 radical (unpaired) electrons. The quantitative estimate of drug-likeness (QED) is 0.636. The Labute approximate surface area is 121 Å². The number of pyridine rings is 1. The summed E-state index contributed by atoms with van der Waals surface area (Å²) in [7, 11) is 0. The van der Waals surface area contributed by atoms with E-state index in [4.69, 9.17) is 5.73 Å². The number of anilines is 2. The fourth-order valence-corrected chi connectivity index (χ4v) is 2.76. The second-order valence-electron chi connectivity index (χ2n) is 5.06. The first kappa shape index (κ1) is 13.4. The molecule has 1 aliphatic heterocycles. The van der Waals surface area contributed by atoms with Gasteiger partial charge in [-0.1, -0.05) is 13.0 Å². The molecule has 2 heterocycles. The number of carbonyl (C=O) groups excluding carboxylic acids is 2. The highest BCUT2D eigenvalue weighted by atomic mass is 16.2. The van der Waals surface area contributed by atoms with Crippen molar-refractivity contribution in [3.05, 3.63) is 30.6 Å². The van der Waals surface area contributed by atoms with E-state index in [2.05, 4.69) is 10.3 Å². The lowest BCUT2D eigenvalue weighted by molar-refractivity contribution is -0.132. The van der Waals surface area contributed by atoms with Crippen LogP contribution in [0.2, 0.25) is 0 Å². The normalized spacial score (nSPS) is 18.9. The lowest BCUT2D eigenvalue weighted by Gasteiger charge is -2.36. The second kappa shape index (κ2) is 5.05. The number of nitrogens with zero attached hydrogens (tertiary/aromatic N) is 2. The standard InChI is InChI=1S/C15H16N4O2/c1-2-11-15(21)18-13(20)8-19(11)12-4-3-9-7-17-6-5-10(9)14(12)16/h3-7,11H,2,8,16H2,1H3,(H,18,20,21). The molecule has 6 nitrogen and oxygen atoms in total. The van der Waals surface area contributed by atoms with E-state index in [0.717, 1.165) is 10.8 Å². The third kappa shape index (κ3) is 2.18. The van der Waals surface area contributed by atoms with E-state index >= 15 is 0 Å². The first-order valence-electron chi connectivity index (χ1n) is 6.84. The van der Waals surface area contributed by atoms with Crippen molar-refractivity contribution in [1.82, 2.24) is 10.3 Å². The van der Waals surface area contributed by atoms with E-state index in [1.165, 1.54) is 0 Å². The average molecular weight is 284 g/mol. The molecule has 0 spiro atoms. The Balaban J connectivity index is 2.11. The molecule has 3 N–H and O–H groups in total. The molecule has 0 aliphatic carbocycles. The van der Waals surface area contributed by atoms with Gasteiger partial charge in [0.25, 0.3) is 0 Å². The molecule has 2 aromatic rings. The van der Waals surface area contributed by atoms with Crippen LogP contribution in [0.4, 0.5) is 11.4 Å². The van der Waals surface area contributed by atoms with Crippen molar-refractivity contribution in [3.63, 3.8) is 0 Å². The van der Waals surface area contributed by atoms with Gasteiger partial charge in [0.15, 0.2) is 0 Å². The minimum absolute atomic E-state index is 0.130. The van der Waals surface area contributed by atoms with E-state index in [1.54, 1.807) is 17.3 Å². The third-order valence-corrected chi connectivity index (χ3v) is 3.79. The Kier molecular flexibility index (Phi) is 3.21. The number of nitrogens with one attached hydrogen (secondary N) is 1. The zero-order chi connectivity index (χ0) is 15.0. The van der Waals surface area contributed by atoms with Crippen LogP contribution in [0, 0.1) is 0 Å². The van der Waals surface area contributed by atoms with Crippen LogP contribution in [0.3, 0.4) is 0 Å². The van der Waals surface area contributed by atoms with Crippen LogP contribution in [0.5, 0.6) is 0 Å². The predicted molar refractivity (Wildman–Crippen MR) is 80.7 cm³/mol. The number of amides is 2. The summed E-state index contributed by atoms with van der Waals surface area (Å²) in [4.78, 5) is 29.5. The Hall–Kier alpha value is -2.63. The molecule has 0 bridgehead atoms. The van der Waals surface area contributed by atoms with Crippen LogP contribution in [0.1, 0.15) is 13.3 Å². The van der Waals surface area contributed by atoms with Gasteiger partial charge in [0, 0.05) is 23.2 Å². The Morgan fingerprint density at radius 1 is 1.38 bits per heavy atom. The van der Waals surface area contributed by atoms with Crippen molar-refractivity contribution in [2.75, 3.05) is 17.2 Å². The number of hydrogen-bond donors (Lipinski definition) is 2. The molecule has 1 aromatic heterocycles. The van der Waals surface area contributed by atoms with Gasteiger partial charge in [-0.05, 0) is 18.6 Å². The maximum Gasteiger partial charge on any atom is 0.249 e. The smallest absolute Gasteiger partial charge is 0.249 e. The zero-order valence-electron chi connectivity index (χ0n) is 11.7. The van der Waals surface area contributed by atoms with E-state index in [-0.39, 0.29) is 24.4 Å². The number of aromatic nitrogens is 1. The van der Waals surface area contributed by atoms with Crippen LogP contribution in [0.15, 0.2) is 30.6 Å². The first-order valence-corrected chi connectivity index (χ1v) is 6.84. The lowest BCUT2D eigenvalue weighted by Crippen LogP contribution is -2.58. The van der Waals surface area contributed by atoms with Gasteiger partial charge in [-0.3, -0.25) is 19.9 Å². The SMILES string of the molecule is CCC1C(=O)NC(=O)CN1c1ccc2cnccc2c1N. The van der Waals surface area contributed by atoms with Crippen molar-refractivity contribution in [2.24, 2.45) is 0 Å². The van der Waals surface area contributed by atoms with Gasteiger partial charge >= 0.3 is 0 Å². The zero-order valence-corrected chi connectivity index (χ0v) is 11.7.